The van der Waals surface area contributed by atoms with Gasteiger partial charge in [-0.15, -0.1) is 11.3 Å². The van der Waals surface area contributed by atoms with Crippen molar-refractivity contribution in [3.8, 4) is 10.6 Å². The summed E-state index contributed by atoms with van der Waals surface area (Å²) in [5.41, 5.74) is 2.81. The first-order valence-corrected chi connectivity index (χ1v) is 9.59. The van der Waals surface area contributed by atoms with Gasteiger partial charge in [0.15, 0.2) is 0 Å². The fourth-order valence-electron chi connectivity index (χ4n) is 3.11. The maximum absolute atomic E-state index is 12.8. The van der Waals surface area contributed by atoms with E-state index < -0.39 is 0 Å². The van der Waals surface area contributed by atoms with Crippen LogP contribution in [0, 0.1) is 0 Å². The summed E-state index contributed by atoms with van der Waals surface area (Å²) in [5.74, 6) is 0.0319. The Morgan fingerprint density at radius 2 is 1.85 bits per heavy atom. The van der Waals surface area contributed by atoms with Gasteiger partial charge < -0.3 is 4.90 Å². The Labute approximate surface area is 156 Å². The van der Waals surface area contributed by atoms with E-state index in [4.69, 9.17) is 0 Å². The summed E-state index contributed by atoms with van der Waals surface area (Å²) < 4.78 is 0. The molecule has 1 aromatic carbocycles. The van der Waals surface area contributed by atoms with Gasteiger partial charge >= 0.3 is 0 Å². The first-order chi connectivity index (χ1) is 12.8. The Kier molecular flexibility index (Phi) is 5.04. The van der Waals surface area contributed by atoms with E-state index in [-0.39, 0.29) is 5.91 Å². The van der Waals surface area contributed by atoms with Crippen LogP contribution in [-0.4, -0.2) is 51.9 Å². The second-order valence-corrected chi connectivity index (χ2v) is 7.19. The van der Waals surface area contributed by atoms with Gasteiger partial charge in [-0.2, -0.15) is 0 Å². The molecule has 1 aliphatic rings. The van der Waals surface area contributed by atoms with Crippen LogP contribution in [0.2, 0.25) is 0 Å². The molecule has 132 valence electrons. The van der Waals surface area contributed by atoms with Crippen molar-refractivity contribution in [3.63, 3.8) is 0 Å². The Balaban J connectivity index is 1.36. The third-order valence-corrected chi connectivity index (χ3v) is 5.42. The van der Waals surface area contributed by atoms with Crippen LogP contribution in [0.5, 0.6) is 0 Å². The molecule has 0 spiro atoms. The van der Waals surface area contributed by atoms with Gasteiger partial charge in [-0.25, -0.2) is 4.98 Å². The smallest absolute Gasteiger partial charge is 0.273 e. The SMILES string of the molecule is O=C(c1csc(-c2ccccc2)n1)N1CCN(Cc2cccnc2)CC1. The lowest BCUT2D eigenvalue weighted by Crippen LogP contribution is -2.48. The van der Waals surface area contributed by atoms with E-state index in [9.17, 15) is 4.79 Å². The van der Waals surface area contributed by atoms with Gasteiger partial charge in [-0.3, -0.25) is 14.7 Å². The second kappa shape index (κ2) is 7.76. The van der Waals surface area contributed by atoms with Crippen molar-refractivity contribution in [2.24, 2.45) is 0 Å². The van der Waals surface area contributed by atoms with Gasteiger partial charge in [0.2, 0.25) is 0 Å². The third kappa shape index (κ3) is 3.81. The minimum atomic E-state index is 0.0319. The molecular weight excluding hydrogens is 344 g/mol. The van der Waals surface area contributed by atoms with Gasteiger partial charge in [0.1, 0.15) is 10.7 Å². The molecule has 0 atom stereocenters. The standard InChI is InChI=1S/C20H20N4OS/c25-20(18-15-26-19(22-18)17-6-2-1-3-7-17)24-11-9-23(10-12-24)14-16-5-4-8-21-13-16/h1-8,13,15H,9-12,14H2. The number of hydrogen-bond acceptors (Lipinski definition) is 5. The van der Waals surface area contributed by atoms with Crippen molar-refractivity contribution < 1.29 is 4.79 Å². The largest absolute Gasteiger partial charge is 0.335 e. The lowest BCUT2D eigenvalue weighted by Gasteiger charge is -2.34. The first kappa shape index (κ1) is 16.9. The van der Waals surface area contributed by atoms with Crippen molar-refractivity contribution in [1.29, 1.82) is 0 Å². The number of hydrogen-bond donors (Lipinski definition) is 0. The van der Waals surface area contributed by atoms with E-state index in [1.54, 1.807) is 6.20 Å². The molecule has 3 heterocycles. The molecule has 1 saturated heterocycles. The molecule has 1 fully saturated rings. The zero-order chi connectivity index (χ0) is 17.8. The molecule has 3 aromatic rings. The molecule has 4 rings (SSSR count). The van der Waals surface area contributed by atoms with Gasteiger partial charge in [0, 0.05) is 56.1 Å². The summed E-state index contributed by atoms with van der Waals surface area (Å²) in [6, 6.07) is 14.0. The van der Waals surface area contributed by atoms with E-state index >= 15 is 0 Å². The van der Waals surface area contributed by atoms with Gasteiger partial charge in [0.25, 0.3) is 5.91 Å². The van der Waals surface area contributed by atoms with Gasteiger partial charge in [-0.1, -0.05) is 36.4 Å². The molecule has 1 amide bonds. The predicted octanol–water partition coefficient (Wildman–Crippen LogP) is 3.16. The summed E-state index contributed by atoms with van der Waals surface area (Å²) in [4.78, 5) is 25.7. The van der Waals surface area contributed by atoms with E-state index in [1.807, 2.05) is 52.9 Å². The summed E-state index contributed by atoms with van der Waals surface area (Å²) >= 11 is 1.52. The number of aromatic nitrogens is 2. The minimum absolute atomic E-state index is 0.0319. The molecule has 0 aliphatic carbocycles. The molecule has 26 heavy (non-hydrogen) atoms. The summed E-state index contributed by atoms with van der Waals surface area (Å²) in [6.45, 7) is 4.09. The normalized spacial score (nSPS) is 15.2. The average Bonchev–Trinajstić information content (AvgIpc) is 3.20. The molecule has 2 aromatic heterocycles. The van der Waals surface area contributed by atoms with Crippen LogP contribution in [0.4, 0.5) is 0 Å². The molecule has 0 N–H and O–H groups in total. The predicted molar refractivity (Wildman–Crippen MR) is 103 cm³/mol. The lowest BCUT2D eigenvalue weighted by atomic mass is 10.2. The first-order valence-electron chi connectivity index (χ1n) is 8.71. The van der Waals surface area contributed by atoms with Crippen molar-refractivity contribution >= 4 is 17.2 Å². The van der Waals surface area contributed by atoms with Crippen LogP contribution in [0.3, 0.4) is 0 Å². The Morgan fingerprint density at radius 3 is 2.58 bits per heavy atom. The number of piperazine rings is 1. The second-order valence-electron chi connectivity index (χ2n) is 6.33. The topological polar surface area (TPSA) is 49.3 Å². The number of amides is 1. The van der Waals surface area contributed by atoms with Crippen LogP contribution in [0.15, 0.2) is 60.2 Å². The van der Waals surface area contributed by atoms with E-state index in [0.29, 0.717) is 5.69 Å². The van der Waals surface area contributed by atoms with Crippen molar-refractivity contribution in [1.82, 2.24) is 19.8 Å². The molecule has 0 bridgehead atoms. The zero-order valence-corrected chi connectivity index (χ0v) is 15.2. The number of carbonyl (C=O) groups excluding carboxylic acids is 1. The van der Waals surface area contributed by atoms with Crippen molar-refractivity contribution in [2.75, 3.05) is 26.2 Å². The number of benzene rings is 1. The maximum atomic E-state index is 12.8. The number of pyridine rings is 1. The van der Waals surface area contributed by atoms with E-state index in [1.165, 1.54) is 16.9 Å². The number of thiazole rings is 1. The van der Waals surface area contributed by atoms with Gasteiger partial charge in [-0.05, 0) is 11.6 Å². The Bertz CT molecular complexity index is 858. The number of rotatable bonds is 4. The Hall–Kier alpha value is -2.57. The average molecular weight is 364 g/mol. The minimum Gasteiger partial charge on any atom is -0.335 e. The monoisotopic (exact) mass is 364 g/mol. The summed E-state index contributed by atoms with van der Waals surface area (Å²) in [6.07, 6.45) is 3.69. The fourth-order valence-corrected chi connectivity index (χ4v) is 3.91. The van der Waals surface area contributed by atoms with Gasteiger partial charge in [0.05, 0.1) is 0 Å². The van der Waals surface area contributed by atoms with Crippen LogP contribution in [0.1, 0.15) is 16.1 Å². The molecule has 5 nitrogen and oxygen atoms in total. The lowest BCUT2D eigenvalue weighted by molar-refractivity contribution is 0.0623. The van der Waals surface area contributed by atoms with Crippen LogP contribution < -0.4 is 0 Å². The number of carbonyl (C=O) groups is 1. The fraction of sp³-hybridized carbons (Fsp3) is 0.250. The van der Waals surface area contributed by atoms with E-state index in [2.05, 4.69) is 20.9 Å². The molecule has 0 radical (unpaired) electrons. The Morgan fingerprint density at radius 1 is 1.04 bits per heavy atom. The van der Waals surface area contributed by atoms with Crippen LogP contribution in [-0.2, 0) is 6.54 Å². The molecule has 0 saturated carbocycles. The summed E-state index contributed by atoms with van der Waals surface area (Å²) in [7, 11) is 0. The van der Waals surface area contributed by atoms with Crippen molar-refractivity contribution in [3.05, 3.63) is 71.5 Å². The molecule has 0 unspecified atom stereocenters. The number of nitrogens with zero attached hydrogens (tertiary/aromatic N) is 4. The van der Waals surface area contributed by atoms with E-state index in [0.717, 1.165) is 43.3 Å². The quantitative estimate of drug-likeness (QED) is 0.714. The highest BCUT2D eigenvalue weighted by atomic mass is 32.1. The van der Waals surface area contributed by atoms with Crippen molar-refractivity contribution in [2.45, 2.75) is 6.54 Å². The summed E-state index contributed by atoms with van der Waals surface area (Å²) in [5, 5.41) is 2.76. The maximum Gasteiger partial charge on any atom is 0.273 e. The molecule has 6 heteroatoms. The zero-order valence-electron chi connectivity index (χ0n) is 14.4. The highest BCUT2D eigenvalue weighted by molar-refractivity contribution is 7.13. The third-order valence-electron chi connectivity index (χ3n) is 4.53. The highest BCUT2D eigenvalue weighted by Gasteiger charge is 2.24. The molecule has 1 aliphatic heterocycles. The molecular formula is C20H20N4OS. The highest BCUT2D eigenvalue weighted by Crippen LogP contribution is 2.24. The van der Waals surface area contributed by atoms with Crippen LogP contribution >= 0.6 is 11.3 Å². The van der Waals surface area contributed by atoms with Crippen LogP contribution in [0.25, 0.3) is 10.6 Å².